The number of hydrogen-bond acceptors (Lipinski definition) is 10. The summed E-state index contributed by atoms with van der Waals surface area (Å²) in [5.74, 6) is -8.74. The van der Waals surface area contributed by atoms with E-state index in [-0.39, 0.29) is 19.3 Å². The Morgan fingerprint density at radius 1 is 0.675 bits per heavy atom. The van der Waals surface area contributed by atoms with E-state index in [1.807, 2.05) is 0 Å². The summed E-state index contributed by atoms with van der Waals surface area (Å²) in [6.45, 7) is 4.14. The zero-order chi connectivity index (χ0) is 31.8. The van der Waals surface area contributed by atoms with E-state index >= 15 is 0 Å². The van der Waals surface area contributed by atoms with Crippen molar-refractivity contribution in [2.24, 2.45) is 11.3 Å². The van der Waals surface area contributed by atoms with Crippen molar-refractivity contribution >= 4 is 52.4 Å². The van der Waals surface area contributed by atoms with Crippen LogP contribution in [0.1, 0.15) is 78.6 Å². The summed E-state index contributed by atoms with van der Waals surface area (Å²) in [5.41, 5.74) is -3.96. The van der Waals surface area contributed by atoms with Crippen molar-refractivity contribution in [1.29, 1.82) is 0 Å². The Bertz CT molecular complexity index is 1480. The van der Waals surface area contributed by atoms with Gasteiger partial charge in [0.05, 0.1) is 0 Å². The zero-order valence-electron chi connectivity index (χ0n) is 21.8. The molecule has 4 atom stereocenters. The molecule has 234 valence electrons. The molecular weight excluding hydrogens is 624 g/mol. The number of aliphatic carboxylic acids is 2. The van der Waals surface area contributed by atoms with Crippen molar-refractivity contribution < 1.29 is 71.7 Å². The highest BCUT2D eigenvalue weighted by Crippen LogP contribution is 2.67. The van der Waals surface area contributed by atoms with Gasteiger partial charge in [-0.25, -0.2) is 0 Å². The predicted octanol–water partition coefficient (Wildman–Crippen LogP) is 1.58. The Morgan fingerprint density at radius 2 is 1.10 bits per heavy atom. The second-order valence-corrected chi connectivity index (χ2v) is 15.7. The van der Waals surface area contributed by atoms with Crippen LogP contribution < -0.4 is 0 Å². The van der Waals surface area contributed by atoms with Gasteiger partial charge in [0.25, 0.3) is 40.5 Å². The molecule has 0 amide bonds. The molecule has 0 aliphatic heterocycles. The van der Waals surface area contributed by atoms with E-state index in [2.05, 4.69) is 0 Å². The minimum atomic E-state index is -6.36. The van der Waals surface area contributed by atoms with E-state index in [4.69, 9.17) is 0 Å². The summed E-state index contributed by atoms with van der Waals surface area (Å²) < 4.78 is 139. The molecule has 0 aromatic carbocycles. The largest absolute Gasteiger partial charge is 0.481 e. The van der Waals surface area contributed by atoms with Crippen LogP contribution in [0.25, 0.3) is 0 Å². The third kappa shape index (κ3) is 5.43. The molecule has 1 rings (SSSR count). The lowest BCUT2D eigenvalue weighted by Gasteiger charge is -2.59. The first-order valence-electron chi connectivity index (χ1n) is 12.0. The lowest BCUT2D eigenvalue weighted by Crippen LogP contribution is -2.79. The van der Waals surface area contributed by atoms with Gasteiger partial charge >= 0.3 is 11.9 Å². The van der Waals surface area contributed by atoms with Crippen molar-refractivity contribution in [3.05, 3.63) is 9.81 Å². The first-order chi connectivity index (χ1) is 17.9. The van der Waals surface area contributed by atoms with Crippen LogP contribution in [0.3, 0.4) is 0 Å². The van der Waals surface area contributed by atoms with Gasteiger partial charge in [0.2, 0.25) is 0 Å². The van der Waals surface area contributed by atoms with Crippen LogP contribution in [0.15, 0.2) is 9.81 Å². The van der Waals surface area contributed by atoms with E-state index in [0.717, 1.165) is 0 Å². The van der Waals surface area contributed by atoms with E-state index < -0.39 is 122 Å². The molecule has 40 heavy (non-hydrogen) atoms. The molecule has 0 heterocycles. The van der Waals surface area contributed by atoms with E-state index in [1.54, 1.807) is 0 Å². The minimum Gasteiger partial charge on any atom is -0.481 e. The molecule has 0 aromatic heterocycles. The topological polar surface area (TPSA) is 292 Å². The fourth-order valence-electron chi connectivity index (χ4n) is 6.08. The van der Waals surface area contributed by atoms with Crippen LogP contribution in [0.5, 0.6) is 0 Å². The highest BCUT2D eigenvalue weighted by atomic mass is 32.2. The first kappa shape index (κ1) is 36.3. The van der Waals surface area contributed by atoms with Crippen molar-refractivity contribution in [1.82, 2.24) is 0 Å². The summed E-state index contributed by atoms with van der Waals surface area (Å²) >= 11 is 0. The molecule has 0 saturated carbocycles. The average molecular weight is 659 g/mol. The van der Waals surface area contributed by atoms with E-state index in [9.17, 15) is 71.7 Å². The van der Waals surface area contributed by atoms with Gasteiger partial charge in [0, 0.05) is 0 Å². The maximum atomic E-state index is 13.5. The standard InChI is InChI=1S/C20H34O16S4/c1-4-7-10-18(17(23)24)15(38(28,29)30)14(37(25,26)27)13(16(21)22)19(11-8-5-2,39(31,32)33)20(18,12-9-6-3)40(34,35)36/h13H,4-12H2,1-3H3,(H,21,22)(H,23,24)(H,25,26,27)(H,28,29,30)(H,31,32,33)(H,34,35,36). The molecule has 0 bridgehead atoms. The van der Waals surface area contributed by atoms with E-state index in [0.29, 0.717) is 0 Å². The monoisotopic (exact) mass is 658 g/mol. The van der Waals surface area contributed by atoms with Gasteiger partial charge in [0.15, 0.2) is 0 Å². The molecule has 0 aromatic rings. The first-order valence-corrected chi connectivity index (χ1v) is 17.8. The Balaban J connectivity index is 5.32. The molecule has 16 nitrogen and oxygen atoms in total. The highest BCUT2D eigenvalue weighted by Gasteiger charge is 2.85. The number of rotatable bonds is 15. The van der Waals surface area contributed by atoms with Gasteiger partial charge < -0.3 is 10.2 Å². The molecule has 1 aliphatic carbocycles. The fourth-order valence-corrected chi connectivity index (χ4v) is 13.1. The van der Waals surface area contributed by atoms with Crippen molar-refractivity contribution in [2.45, 2.75) is 88.1 Å². The Hall–Kier alpha value is -1.68. The Morgan fingerprint density at radius 3 is 1.40 bits per heavy atom. The SMILES string of the molecule is CCCCC1(C(=O)O)C(S(=O)(=O)O)=C(S(=O)(=O)O)C(C(=O)O)C(CCCC)(S(=O)(=O)O)C1(CCCC)S(=O)(=O)O. The predicted molar refractivity (Wildman–Crippen MR) is 138 cm³/mol. The highest BCUT2D eigenvalue weighted by molar-refractivity contribution is 7.95. The molecule has 6 N–H and O–H groups in total. The average Bonchev–Trinajstić information content (AvgIpc) is 2.75. The molecule has 0 radical (unpaired) electrons. The van der Waals surface area contributed by atoms with Crippen LogP contribution in [0.4, 0.5) is 0 Å². The van der Waals surface area contributed by atoms with Crippen molar-refractivity contribution in [3.63, 3.8) is 0 Å². The number of carboxylic acids is 2. The molecular formula is C20H34O16S4. The van der Waals surface area contributed by atoms with Crippen molar-refractivity contribution in [2.75, 3.05) is 0 Å². The summed E-state index contributed by atoms with van der Waals surface area (Å²) in [6.07, 6.45) is -5.81. The molecule has 4 unspecified atom stereocenters. The summed E-state index contributed by atoms with van der Waals surface area (Å²) in [5, 5.41) is 20.8. The molecule has 20 heteroatoms. The second-order valence-electron chi connectivity index (χ2n) is 9.60. The van der Waals surface area contributed by atoms with E-state index in [1.165, 1.54) is 20.8 Å². The maximum absolute atomic E-state index is 13.5. The quantitative estimate of drug-likeness (QED) is 0.136. The lowest BCUT2D eigenvalue weighted by atomic mass is 9.55. The molecule has 0 saturated heterocycles. The number of hydrogen-bond donors (Lipinski definition) is 6. The van der Waals surface area contributed by atoms with Gasteiger partial charge in [0.1, 0.15) is 30.6 Å². The van der Waals surface area contributed by atoms with Crippen LogP contribution in [0.2, 0.25) is 0 Å². The van der Waals surface area contributed by atoms with Crippen LogP contribution in [-0.4, -0.2) is 83.5 Å². The number of unbranched alkanes of at least 4 members (excludes halogenated alkanes) is 3. The maximum Gasteiger partial charge on any atom is 0.316 e. The molecule has 1 aliphatic rings. The Labute approximate surface area is 232 Å². The normalized spacial score (nSPS) is 28.4. The summed E-state index contributed by atoms with van der Waals surface area (Å²) in [7, 11) is -25.3. The van der Waals surface area contributed by atoms with Gasteiger partial charge in [-0.1, -0.05) is 59.3 Å². The summed E-state index contributed by atoms with van der Waals surface area (Å²) in [4.78, 5) is 21.2. The zero-order valence-corrected chi connectivity index (χ0v) is 25.1. The number of carboxylic acid groups (broad SMARTS) is 2. The fraction of sp³-hybridized carbons (Fsp3) is 0.800. The summed E-state index contributed by atoms with van der Waals surface area (Å²) in [6, 6.07) is 0. The van der Waals surface area contributed by atoms with Crippen molar-refractivity contribution in [3.8, 4) is 0 Å². The second kappa shape index (κ2) is 11.9. The van der Waals surface area contributed by atoms with Gasteiger partial charge in [-0.2, -0.15) is 33.7 Å². The van der Waals surface area contributed by atoms with Gasteiger partial charge in [-0.15, -0.1) is 0 Å². The van der Waals surface area contributed by atoms with Crippen LogP contribution in [-0.2, 0) is 50.1 Å². The third-order valence-corrected chi connectivity index (χ3v) is 13.3. The smallest absolute Gasteiger partial charge is 0.316 e. The lowest BCUT2D eigenvalue weighted by molar-refractivity contribution is -0.154. The van der Waals surface area contributed by atoms with Gasteiger partial charge in [-0.05, 0) is 19.3 Å². The Kier molecular flexibility index (Phi) is 10.8. The number of carbonyl (C=O) groups is 2. The molecule has 0 fully saturated rings. The van der Waals surface area contributed by atoms with Crippen LogP contribution in [0, 0.1) is 11.3 Å². The third-order valence-electron chi connectivity index (χ3n) is 7.45. The van der Waals surface area contributed by atoms with Crippen LogP contribution >= 0.6 is 0 Å². The van der Waals surface area contributed by atoms with Gasteiger partial charge in [-0.3, -0.25) is 27.8 Å². The minimum absolute atomic E-state index is 0.0828. The molecule has 0 spiro atoms.